The summed E-state index contributed by atoms with van der Waals surface area (Å²) >= 11 is 7.53. The van der Waals surface area contributed by atoms with Crippen molar-refractivity contribution in [1.29, 1.82) is 0 Å². The lowest BCUT2D eigenvalue weighted by atomic mass is 9.77. The van der Waals surface area contributed by atoms with Crippen molar-refractivity contribution >= 4 is 40.8 Å². The van der Waals surface area contributed by atoms with Crippen molar-refractivity contribution in [3.05, 3.63) is 57.2 Å². The van der Waals surface area contributed by atoms with E-state index in [0.717, 1.165) is 28.9 Å². The minimum Gasteiger partial charge on any atom is -0.344 e. The van der Waals surface area contributed by atoms with Crippen LogP contribution in [0.1, 0.15) is 49.8 Å². The molecule has 1 aliphatic heterocycles. The van der Waals surface area contributed by atoms with Gasteiger partial charge in [0.1, 0.15) is 12.1 Å². The van der Waals surface area contributed by atoms with Crippen LogP contribution in [0.25, 0.3) is 0 Å². The monoisotopic (exact) mass is 445 g/mol. The molecule has 1 saturated heterocycles. The summed E-state index contributed by atoms with van der Waals surface area (Å²) in [5.41, 5.74) is 0.971. The van der Waals surface area contributed by atoms with Gasteiger partial charge in [0.05, 0.1) is 6.04 Å². The van der Waals surface area contributed by atoms with E-state index in [0.29, 0.717) is 23.8 Å². The molecule has 1 aromatic carbocycles. The van der Waals surface area contributed by atoms with Crippen LogP contribution < -0.4 is 10.6 Å². The van der Waals surface area contributed by atoms with E-state index >= 15 is 0 Å². The van der Waals surface area contributed by atoms with E-state index in [1.54, 1.807) is 12.1 Å². The third-order valence-corrected chi connectivity index (χ3v) is 7.01. The van der Waals surface area contributed by atoms with Gasteiger partial charge in [-0.05, 0) is 71.7 Å². The Balaban J connectivity index is 1.48. The molecular formula is C22H24ClN3O3S. The number of carbonyl (C=O) groups excluding carboxylic acids is 3. The van der Waals surface area contributed by atoms with Gasteiger partial charge in [-0.2, -0.15) is 11.3 Å². The molecule has 2 aliphatic rings. The first kappa shape index (κ1) is 20.9. The van der Waals surface area contributed by atoms with Gasteiger partial charge >= 0.3 is 6.03 Å². The van der Waals surface area contributed by atoms with Crippen molar-refractivity contribution in [2.45, 2.75) is 44.2 Å². The molecule has 1 spiro atoms. The maximum absolute atomic E-state index is 13.0. The highest BCUT2D eigenvalue weighted by Gasteiger charge is 2.52. The maximum Gasteiger partial charge on any atom is 0.325 e. The Hall–Kier alpha value is -2.38. The molecule has 1 aliphatic carbocycles. The van der Waals surface area contributed by atoms with Crippen LogP contribution in [0.3, 0.4) is 0 Å². The van der Waals surface area contributed by atoms with E-state index in [2.05, 4.69) is 17.6 Å². The average Bonchev–Trinajstić information content (AvgIpc) is 3.33. The molecule has 8 heteroatoms. The number of hydrogen-bond donors (Lipinski definition) is 2. The first-order valence-electron chi connectivity index (χ1n) is 10.1. The Morgan fingerprint density at radius 3 is 2.57 bits per heavy atom. The molecule has 6 nitrogen and oxygen atoms in total. The zero-order chi connectivity index (χ0) is 21.3. The lowest BCUT2D eigenvalue weighted by Crippen LogP contribution is -2.50. The largest absolute Gasteiger partial charge is 0.344 e. The number of imide groups is 1. The number of urea groups is 1. The Morgan fingerprint density at radius 1 is 1.23 bits per heavy atom. The smallest absolute Gasteiger partial charge is 0.325 e. The van der Waals surface area contributed by atoms with E-state index in [1.165, 1.54) is 11.3 Å². The highest BCUT2D eigenvalue weighted by Crippen LogP contribution is 2.36. The number of halogens is 1. The van der Waals surface area contributed by atoms with Crippen LogP contribution in [0.2, 0.25) is 5.02 Å². The van der Waals surface area contributed by atoms with E-state index < -0.39 is 11.6 Å². The second-order valence-electron chi connectivity index (χ2n) is 8.19. The van der Waals surface area contributed by atoms with E-state index in [4.69, 9.17) is 11.6 Å². The van der Waals surface area contributed by atoms with Crippen LogP contribution >= 0.6 is 22.9 Å². The molecule has 2 heterocycles. The van der Waals surface area contributed by atoms with E-state index in [1.807, 2.05) is 29.0 Å². The van der Waals surface area contributed by atoms with Crippen LogP contribution in [0.5, 0.6) is 0 Å². The number of hydrogen-bond acceptors (Lipinski definition) is 4. The lowest BCUT2D eigenvalue weighted by molar-refractivity contribution is -0.136. The van der Waals surface area contributed by atoms with Gasteiger partial charge in [-0.3, -0.25) is 14.5 Å². The second kappa shape index (κ2) is 8.40. The summed E-state index contributed by atoms with van der Waals surface area (Å²) in [6.45, 7) is 1.86. The molecule has 4 rings (SSSR count). The van der Waals surface area contributed by atoms with Gasteiger partial charge in [-0.25, -0.2) is 4.79 Å². The number of benzene rings is 1. The van der Waals surface area contributed by atoms with Gasteiger partial charge in [-0.1, -0.05) is 30.7 Å². The molecule has 2 aromatic rings. The Bertz CT molecular complexity index is 937. The summed E-state index contributed by atoms with van der Waals surface area (Å²) in [5, 5.41) is 10.3. The van der Waals surface area contributed by atoms with Gasteiger partial charge < -0.3 is 10.6 Å². The predicted molar refractivity (Wildman–Crippen MR) is 116 cm³/mol. The van der Waals surface area contributed by atoms with Gasteiger partial charge in [-0.15, -0.1) is 0 Å². The van der Waals surface area contributed by atoms with Gasteiger partial charge in [0, 0.05) is 5.02 Å². The fourth-order valence-electron chi connectivity index (χ4n) is 4.22. The molecule has 4 amide bonds. The van der Waals surface area contributed by atoms with Crippen LogP contribution in [0.15, 0.2) is 41.1 Å². The number of amides is 4. The summed E-state index contributed by atoms with van der Waals surface area (Å²) < 4.78 is 0. The summed E-state index contributed by atoms with van der Waals surface area (Å²) in [6, 6.07) is 8.33. The van der Waals surface area contributed by atoms with Crippen LogP contribution in [-0.4, -0.2) is 34.8 Å². The Labute approximate surface area is 184 Å². The van der Waals surface area contributed by atoms with Crippen LogP contribution in [-0.2, 0) is 9.59 Å². The maximum atomic E-state index is 13.0. The van der Waals surface area contributed by atoms with Crippen molar-refractivity contribution in [2.75, 3.05) is 6.54 Å². The molecule has 1 unspecified atom stereocenters. The molecule has 2 N–H and O–H groups in total. The zero-order valence-corrected chi connectivity index (χ0v) is 18.3. The molecule has 1 atom stereocenters. The van der Waals surface area contributed by atoms with Crippen molar-refractivity contribution in [3.63, 3.8) is 0 Å². The molecule has 0 radical (unpaired) electrons. The molecular weight excluding hydrogens is 422 g/mol. The molecule has 1 aromatic heterocycles. The van der Waals surface area contributed by atoms with Crippen molar-refractivity contribution < 1.29 is 14.4 Å². The van der Waals surface area contributed by atoms with Crippen LogP contribution in [0.4, 0.5) is 4.79 Å². The minimum atomic E-state index is -0.840. The van der Waals surface area contributed by atoms with Crippen molar-refractivity contribution in [3.8, 4) is 0 Å². The first-order chi connectivity index (χ1) is 14.4. The summed E-state index contributed by atoms with van der Waals surface area (Å²) in [7, 11) is 0. The topological polar surface area (TPSA) is 78.5 Å². The fourth-order valence-corrected chi connectivity index (χ4v) is 5.03. The van der Waals surface area contributed by atoms with E-state index in [-0.39, 0.29) is 24.4 Å². The lowest BCUT2D eigenvalue weighted by Gasteiger charge is -2.33. The highest BCUT2D eigenvalue weighted by atomic mass is 35.5. The van der Waals surface area contributed by atoms with Crippen molar-refractivity contribution in [2.24, 2.45) is 5.92 Å². The molecule has 30 heavy (non-hydrogen) atoms. The summed E-state index contributed by atoms with van der Waals surface area (Å²) in [6.07, 6.45) is 3.03. The number of nitrogens with zero attached hydrogens (tertiary/aromatic N) is 1. The second-order valence-corrected chi connectivity index (χ2v) is 9.41. The first-order valence-corrected chi connectivity index (χ1v) is 11.4. The summed E-state index contributed by atoms with van der Waals surface area (Å²) in [5.74, 6) is -0.123. The molecule has 2 fully saturated rings. The SMILES string of the molecule is CC1CCC2(CC1)NC(=O)N(CC(=O)NC(c1ccc(Cl)cc1)c1ccsc1)C2=O. The number of nitrogens with one attached hydrogen (secondary N) is 2. The third-order valence-electron chi connectivity index (χ3n) is 6.06. The van der Waals surface area contributed by atoms with Crippen molar-refractivity contribution in [1.82, 2.24) is 15.5 Å². The van der Waals surface area contributed by atoms with Gasteiger partial charge in [0.15, 0.2) is 0 Å². The zero-order valence-electron chi connectivity index (χ0n) is 16.7. The standard InChI is InChI=1S/C22H24ClN3O3S/c1-14-6-9-22(10-7-14)20(28)26(21(29)25-22)12-18(27)24-19(16-8-11-30-13-16)15-2-4-17(23)5-3-15/h2-5,8,11,13-14,19H,6-7,9-10,12H2,1H3,(H,24,27)(H,25,29). The number of carbonyl (C=O) groups is 3. The number of rotatable bonds is 5. The third kappa shape index (κ3) is 4.09. The van der Waals surface area contributed by atoms with E-state index in [9.17, 15) is 14.4 Å². The molecule has 1 saturated carbocycles. The predicted octanol–water partition coefficient (Wildman–Crippen LogP) is 4.11. The average molecular weight is 446 g/mol. The normalized spacial score (nSPS) is 24.7. The Kier molecular flexibility index (Phi) is 5.84. The fraction of sp³-hybridized carbons (Fsp3) is 0.409. The highest BCUT2D eigenvalue weighted by molar-refractivity contribution is 7.08. The van der Waals surface area contributed by atoms with Gasteiger partial charge in [0.25, 0.3) is 5.91 Å². The minimum absolute atomic E-state index is 0.284. The Morgan fingerprint density at radius 2 is 1.93 bits per heavy atom. The quantitative estimate of drug-likeness (QED) is 0.680. The van der Waals surface area contributed by atoms with Gasteiger partial charge in [0.2, 0.25) is 5.91 Å². The number of thiophene rings is 1. The molecule has 0 bridgehead atoms. The summed E-state index contributed by atoms with van der Waals surface area (Å²) in [4.78, 5) is 39.4. The van der Waals surface area contributed by atoms with Crippen LogP contribution in [0, 0.1) is 5.92 Å². The molecule has 158 valence electrons.